The lowest BCUT2D eigenvalue weighted by molar-refractivity contribution is 0.0517. The molecule has 2 heterocycles. The molecule has 2 fully saturated rings. The van der Waals surface area contributed by atoms with Crippen LogP contribution >= 0.6 is 0 Å². The van der Waals surface area contributed by atoms with Crippen molar-refractivity contribution in [1.29, 1.82) is 5.26 Å². The van der Waals surface area contributed by atoms with Gasteiger partial charge < -0.3 is 9.64 Å². The number of hydrogen-bond acceptors (Lipinski definition) is 4. The minimum Gasteiger partial charge on any atom is -0.381 e. The van der Waals surface area contributed by atoms with E-state index in [0.717, 1.165) is 50.9 Å². The Hall–Kier alpha value is -1.57. The Balaban J connectivity index is 1.49. The van der Waals surface area contributed by atoms with Crippen LogP contribution in [0.4, 0.5) is 5.69 Å². The highest BCUT2D eigenvalue weighted by molar-refractivity contribution is 5.50. The molecule has 2 saturated heterocycles. The number of nitrogens with zero attached hydrogens (tertiary/aromatic N) is 3. The molecule has 1 aromatic rings. The summed E-state index contributed by atoms with van der Waals surface area (Å²) in [5.74, 6) is 0.820. The fraction of sp³-hybridized carbons (Fsp3) is 0.588. The molecule has 0 saturated carbocycles. The predicted molar refractivity (Wildman–Crippen MR) is 83.4 cm³/mol. The van der Waals surface area contributed by atoms with Crippen LogP contribution in [0.1, 0.15) is 18.4 Å². The maximum absolute atomic E-state index is 8.85. The van der Waals surface area contributed by atoms with E-state index in [9.17, 15) is 0 Å². The Morgan fingerprint density at radius 2 is 1.71 bits per heavy atom. The van der Waals surface area contributed by atoms with Crippen molar-refractivity contribution in [2.24, 2.45) is 5.92 Å². The van der Waals surface area contributed by atoms with Gasteiger partial charge in [-0.25, -0.2) is 0 Å². The van der Waals surface area contributed by atoms with Crippen molar-refractivity contribution in [3.63, 3.8) is 0 Å². The third-order valence-electron chi connectivity index (χ3n) is 4.59. The molecule has 0 radical (unpaired) electrons. The highest BCUT2D eigenvalue weighted by atomic mass is 16.5. The van der Waals surface area contributed by atoms with Gasteiger partial charge in [-0.1, -0.05) is 0 Å². The molecule has 0 amide bonds. The van der Waals surface area contributed by atoms with E-state index in [-0.39, 0.29) is 0 Å². The zero-order chi connectivity index (χ0) is 14.5. The number of rotatable bonds is 3. The van der Waals surface area contributed by atoms with Crippen LogP contribution in [0.5, 0.6) is 0 Å². The topological polar surface area (TPSA) is 39.5 Å². The number of nitriles is 1. The normalized spacial score (nSPS) is 21.2. The molecule has 0 spiro atoms. The smallest absolute Gasteiger partial charge is 0.0991 e. The van der Waals surface area contributed by atoms with Gasteiger partial charge in [0.2, 0.25) is 0 Å². The number of hydrogen-bond donors (Lipinski definition) is 0. The van der Waals surface area contributed by atoms with Crippen molar-refractivity contribution in [1.82, 2.24) is 4.90 Å². The minimum absolute atomic E-state index is 0.733. The molecule has 0 atom stereocenters. The summed E-state index contributed by atoms with van der Waals surface area (Å²) < 4.78 is 5.43. The van der Waals surface area contributed by atoms with Crippen molar-refractivity contribution in [2.45, 2.75) is 12.8 Å². The number of piperazine rings is 1. The van der Waals surface area contributed by atoms with Crippen LogP contribution in [0.3, 0.4) is 0 Å². The molecule has 0 aliphatic carbocycles. The molecule has 0 aromatic heterocycles. The second kappa shape index (κ2) is 6.93. The molecule has 2 aliphatic heterocycles. The fourth-order valence-electron chi connectivity index (χ4n) is 3.23. The minimum atomic E-state index is 0.733. The first-order valence-electron chi connectivity index (χ1n) is 7.90. The lowest BCUT2D eigenvalue weighted by Crippen LogP contribution is -2.48. The van der Waals surface area contributed by atoms with Gasteiger partial charge in [-0.05, 0) is 43.0 Å². The molecular formula is C17H23N3O. The first kappa shape index (κ1) is 14.4. The van der Waals surface area contributed by atoms with Crippen molar-refractivity contribution in [3.05, 3.63) is 29.8 Å². The summed E-state index contributed by atoms with van der Waals surface area (Å²) in [6.45, 7) is 7.54. The van der Waals surface area contributed by atoms with E-state index in [4.69, 9.17) is 10.00 Å². The SMILES string of the molecule is N#Cc1ccc(N2CCN(CC3CCOCC3)CC2)cc1. The van der Waals surface area contributed by atoms with Crippen molar-refractivity contribution >= 4 is 5.69 Å². The summed E-state index contributed by atoms with van der Waals surface area (Å²) in [5, 5.41) is 8.85. The van der Waals surface area contributed by atoms with Gasteiger partial charge in [0.1, 0.15) is 0 Å². The van der Waals surface area contributed by atoms with Crippen LogP contribution in [-0.4, -0.2) is 50.8 Å². The van der Waals surface area contributed by atoms with Crippen molar-refractivity contribution in [2.75, 3.05) is 50.8 Å². The van der Waals surface area contributed by atoms with Gasteiger partial charge in [0, 0.05) is 51.6 Å². The number of ether oxygens (including phenoxy) is 1. The second-order valence-corrected chi connectivity index (χ2v) is 6.00. The Morgan fingerprint density at radius 3 is 2.33 bits per heavy atom. The molecule has 112 valence electrons. The monoisotopic (exact) mass is 285 g/mol. The predicted octanol–water partition coefficient (Wildman–Crippen LogP) is 2.11. The van der Waals surface area contributed by atoms with Crippen LogP contribution in [-0.2, 0) is 4.74 Å². The van der Waals surface area contributed by atoms with Crippen LogP contribution in [0.15, 0.2) is 24.3 Å². The summed E-state index contributed by atoms with van der Waals surface area (Å²) >= 11 is 0. The van der Waals surface area contributed by atoms with E-state index >= 15 is 0 Å². The lowest BCUT2D eigenvalue weighted by atomic mass is 9.99. The Kier molecular flexibility index (Phi) is 4.74. The summed E-state index contributed by atoms with van der Waals surface area (Å²) in [7, 11) is 0. The summed E-state index contributed by atoms with van der Waals surface area (Å²) in [6, 6.07) is 10.1. The number of benzene rings is 1. The molecule has 1 aromatic carbocycles. The summed E-state index contributed by atoms with van der Waals surface area (Å²) in [5.41, 5.74) is 1.97. The Bertz CT molecular complexity index is 480. The van der Waals surface area contributed by atoms with E-state index in [1.54, 1.807) is 0 Å². The van der Waals surface area contributed by atoms with Gasteiger partial charge >= 0.3 is 0 Å². The Morgan fingerprint density at radius 1 is 1.05 bits per heavy atom. The van der Waals surface area contributed by atoms with E-state index in [0.29, 0.717) is 0 Å². The zero-order valence-corrected chi connectivity index (χ0v) is 12.5. The van der Waals surface area contributed by atoms with E-state index < -0.39 is 0 Å². The van der Waals surface area contributed by atoms with E-state index in [1.165, 1.54) is 25.1 Å². The van der Waals surface area contributed by atoms with Crippen molar-refractivity contribution in [3.8, 4) is 6.07 Å². The average Bonchev–Trinajstić information content (AvgIpc) is 2.57. The van der Waals surface area contributed by atoms with Gasteiger partial charge in [0.15, 0.2) is 0 Å². The molecule has 4 nitrogen and oxygen atoms in total. The maximum atomic E-state index is 8.85. The lowest BCUT2D eigenvalue weighted by Gasteiger charge is -2.38. The Labute approximate surface area is 126 Å². The largest absolute Gasteiger partial charge is 0.381 e. The fourth-order valence-corrected chi connectivity index (χ4v) is 3.23. The van der Waals surface area contributed by atoms with Gasteiger partial charge in [-0.15, -0.1) is 0 Å². The highest BCUT2D eigenvalue weighted by Gasteiger charge is 2.21. The van der Waals surface area contributed by atoms with Gasteiger partial charge in [-0.3, -0.25) is 4.90 Å². The zero-order valence-electron chi connectivity index (χ0n) is 12.5. The van der Waals surface area contributed by atoms with Gasteiger partial charge in [0.05, 0.1) is 11.6 Å². The van der Waals surface area contributed by atoms with Crippen LogP contribution < -0.4 is 4.90 Å². The third-order valence-corrected chi connectivity index (χ3v) is 4.59. The second-order valence-electron chi connectivity index (χ2n) is 6.00. The summed E-state index contributed by atoms with van der Waals surface area (Å²) in [4.78, 5) is 5.01. The molecule has 21 heavy (non-hydrogen) atoms. The number of anilines is 1. The molecule has 2 aliphatic rings. The first-order valence-corrected chi connectivity index (χ1v) is 7.90. The average molecular weight is 285 g/mol. The van der Waals surface area contributed by atoms with E-state index in [1.807, 2.05) is 12.1 Å². The van der Waals surface area contributed by atoms with Gasteiger partial charge in [-0.2, -0.15) is 5.26 Å². The molecule has 0 unspecified atom stereocenters. The van der Waals surface area contributed by atoms with Crippen LogP contribution in [0, 0.1) is 17.2 Å². The third kappa shape index (κ3) is 3.75. The quantitative estimate of drug-likeness (QED) is 0.852. The van der Waals surface area contributed by atoms with Gasteiger partial charge in [0.25, 0.3) is 0 Å². The molecule has 4 heteroatoms. The first-order chi connectivity index (χ1) is 10.3. The van der Waals surface area contributed by atoms with E-state index in [2.05, 4.69) is 28.0 Å². The van der Waals surface area contributed by atoms with Crippen LogP contribution in [0.2, 0.25) is 0 Å². The highest BCUT2D eigenvalue weighted by Crippen LogP contribution is 2.20. The standard InChI is InChI=1S/C17H23N3O/c18-13-15-1-3-17(4-2-15)20-9-7-19(8-10-20)14-16-5-11-21-12-6-16/h1-4,16H,5-12,14H2. The van der Waals surface area contributed by atoms with Crippen LogP contribution in [0.25, 0.3) is 0 Å². The summed E-state index contributed by atoms with van der Waals surface area (Å²) in [6.07, 6.45) is 2.44. The maximum Gasteiger partial charge on any atom is 0.0991 e. The van der Waals surface area contributed by atoms with Crippen molar-refractivity contribution < 1.29 is 4.74 Å². The molecule has 3 rings (SSSR count). The molecule has 0 N–H and O–H groups in total. The molecule has 0 bridgehead atoms. The molecular weight excluding hydrogens is 262 g/mol.